The Labute approximate surface area is 99.1 Å². The van der Waals surface area contributed by atoms with Gasteiger partial charge in [-0.3, -0.25) is 9.89 Å². The van der Waals surface area contributed by atoms with Crippen molar-refractivity contribution in [2.45, 2.75) is 12.3 Å². The number of amides is 1. The number of rotatable bonds is 3. The Balaban J connectivity index is 1.59. The van der Waals surface area contributed by atoms with Crippen LogP contribution in [0.1, 0.15) is 27.4 Å². The molecule has 0 radical (unpaired) electrons. The first-order chi connectivity index (χ1) is 8.34. The number of benzene rings is 1. The molecule has 1 unspecified atom stereocenters. The van der Waals surface area contributed by atoms with Gasteiger partial charge in [0.25, 0.3) is 5.91 Å². The highest BCUT2D eigenvalue weighted by molar-refractivity contribution is 5.93. The van der Waals surface area contributed by atoms with E-state index in [0.29, 0.717) is 18.0 Å². The first-order valence-corrected chi connectivity index (χ1v) is 5.69. The molecule has 1 aromatic carbocycles. The molecule has 1 heterocycles. The van der Waals surface area contributed by atoms with Gasteiger partial charge in [0.05, 0.1) is 11.8 Å². The third kappa shape index (κ3) is 1.82. The van der Waals surface area contributed by atoms with E-state index >= 15 is 0 Å². The van der Waals surface area contributed by atoms with Gasteiger partial charge >= 0.3 is 0 Å². The average molecular weight is 227 g/mol. The molecular formula is C13H13N3O. The minimum Gasteiger partial charge on any atom is -0.351 e. The van der Waals surface area contributed by atoms with Gasteiger partial charge in [-0.1, -0.05) is 24.3 Å². The van der Waals surface area contributed by atoms with Crippen molar-refractivity contribution in [1.29, 1.82) is 0 Å². The summed E-state index contributed by atoms with van der Waals surface area (Å²) >= 11 is 0. The third-order valence-corrected chi connectivity index (χ3v) is 3.23. The lowest BCUT2D eigenvalue weighted by Gasteiger charge is -2.30. The highest BCUT2D eigenvalue weighted by atomic mass is 16.1. The second kappa shape index (κ2) is 4.05. The molecule has 0 spiro atoms. The van der Waals surface area contributed by atoms with Crippen molar-refractivity contribution in [2.75, 3.05) is 6.54 Å². The largest absolute Gasteiger partial charge is 0.351 e. The van der Waals surface area contributed by atoms with Crippen molar-refractivity contribution in [3.63, 3.8) is 0 Å². The van der Waals surface area contributed by atoms with Crippen molar-refractivity contribution < 1.29 is 4.79 Å². The van der Waals surface area contributed by atoms with Crippen molar-refractivity contribution in [1.82, 2.24) is 15.5 Å². The number of nitrogens with one attached hydrogen (secondary N) is 2. The zero-order valence-corrected chi connectivity index (χ0v) is 9.31. The van der Waals surface area contributed by atoms with Crippen LogP contribution in [0.25, 0.3) is 0 Å². The van der Waals surface area contributed by atoms with Crippen LogP contribution < -0.4 is 5.32 Å². The van der Waals surface area contributed by atoms with E-state index in [0.717, 1.165) is 6.42 Å². The summed E-state index contributed by atoms with van der Waals surface area (Å²) in [7, 11) is 0. The second-order valence-electron chi connectivity index (χ2n) is 4.30. The number of carbonyl (C=O) groups is 1. The molecule has 0 saturated heterocycles. The number of aromatic amines is 1. The molecule has 2 N–H and O–H groups in total. The second-order valence-corrected chi connectivity index (χ2v) is 4.30. The number of hydrogen-bond acceptors (Lipinski definition) is 2. The minimum absolute atomic E-state index is 0.0665. The van der Waals surface area contributed by atoms with Crippen molar-refractivity contribution >= 4 is 5.91 Å². The smallest absolute Gasteiger partial charge is 0.254 e. The van der Waals surface area contributed by atoms with Crippen LogP contribution in [-0.2, 0) is 6.42 Å². The first-order valence-electron chi connectivity index (χ1n) is 5.69. The van der Waals surface area contributed by atoms with Gasteiger partial charge in [0.15, 0.2) is 0 Å². The Bertz CT molecular complexity index is 533. The van der Waals surface area contributed by atoms with E-state index in [4.69, 9.17) is 0 Å². The van der Waals surface area contributed by atoms with Crippen molar-refractivity contribution in [3.8, 4) is 0 Å². The third-order valence-electron chi connectivity index (χ3n) is 3.23. The predicted octanol–water partition coefficient (Wildman–Crippen LogP) is 1.48. The lowest BCUT2D eigenvalue weighted by atomic mass is 9.77. The predicted molar refractivity (Wildman–Crippen MR) is 63.8 cm³/mol. The quantitative estimate of drug-likeness (QED) is 0.834. The summed E-state index contributed by atoms with van der Waals surface area (Å²) in [6.07, 6.45) is 4.19. The summed E-state index contributed by atoms with van der Waals surface area (Å²) in [5.74, 6) is 0.394. The van der Waals surface area contributed by atoms with Gasteiger partial charge in [-0.2, -0.15) is 5.10 Å². The first kappa shape index (κ1) is 10.1. The highest BCUT2D eigenvalue weighted by Gasteiger charge is 2.25. The maximum absolute atomic E-state index is 11.7. The molecule has 0 aliphatic heterocycles. The van der Waals surface area contributed by atoms with Crippen molar-refractivity contribution in [2.24, 2.45) is 0 Å². The Hall–Kier alpha value is -2.10. The van der Waals surface area contributed by atoms with E-state index < -0.39 is 0 Å². The standard InChI is InChI=1S/C13H13N3O/c17-13(11-7-15-16-8-11)14-6-10-5-9-3-1-2-4-12(9)10/h1-4,7-8,10H,5-6H2,(H,14,17)(H,15,16). The molecule has 0 bridgehead atoms. The molecule has 1 amide bonds. The van der Waals surface area contributed by atoms with E-state index in [-0.39, 0.29) is 5.91 Å². The van der Waals surface area contributed by atoms with E-state index in [1.807, 2.05) is 6.07 Å². The minimum atomic E-state index is -0.0665. The summed E-state index contributed by atoms with van der Waals surface area (Å²) < 4.78 is 0. The van der Waals surface area contributed by atoms with Gasteiger partial charge in [-0.05, 0) is 17.5 Å². The van der Waals surface area contributed by atoms with E-state index in [1.54, 1.807) is 6.20 Å². The Morgan fingerprint density at radius 1 is 1.47 bits per heavy atom. The molecule has 1 atom stereocenters. The van der Waals surface area contributed by atoms with Gasteiger partial charge in [0.2, 0.25) is 0 Å². The monoisotopic (exact) mass is 227 g/mol. The van der Waals surface area contributed by atoms with Crippen LogP contribution in [-0.4, -0.2) is 22.6 Å². The lowest BCUT2D eigenvalue weighted by Crippen LogP contribution is -2.32. The zero-order chi connectivity index (χ0) is 11.7. The van der Waals surface area contributed by atoms with E-state index in [2.05, 4.69) is 33.7 Å². The molecule has 1 aromatic heterocycles. The fraction of sp³-hybridized carbons (Fsp3) is 0.231. The highest BCUT2D eigenvalue weighted by Crippen LogP contribution is 2.33. The summed E-state index contributed by atoms with van der Waals surface area (Å²) in [6, 6.07) is 8.37. The Morgan fingerprint density at radius 2 is 2.35 bits per heavy atom. The molecule has 0 saturated carbocycles. The SMILES string of the molecule is O=C(NCC1Cc2ccccc21)c1cn[nH]c1. The van der Waals surface area contributed by atoms with Crippen LogP contribution in [0.3, 0.4) is 0 Å². The zero-order valence-electron chi connectivity index (χ0n) is 9.31. The van der Waals surface area contributed by atoms with Crippen LogP contribution in [0, 0.1) is 0 Å². The number of hydrogen-bond donors (Lipinski definition) is 2. The molecular weight excluding hydrogens is 214 g/mol. The summed E-state index contributed by atoms with van der Waals surface area (Å²) in [4.78, 5) is 11.7. The molecule has 3 rings (SSSR count). The molecule has 2 aromatic rings. The van der Waals surface area contributed by atoms with E-state index in [9.17, 15) is 4.79 Å². The van der Waals surface area contributed by atoms with Crippen molar-refractivity contribution in [3.05, 3.63) is 53.3 Å². The molecule has 1 aliphatic carbocycles. The fourth-order valence-electron chi connectivity index (χ4n) is 2.24. The van der Waals surface area contributed by atoms with Gasteiger partial charge in [0, 0.05) is 18.7 Å². The van der Waals surface area contributed by atoms with Crippen LogP contribution >= 0.6 is 0 Å². The van der Waals surface area contributed by atoms with Gasteiger partial charge < -0.3 is 5.32 Å². The molecule has 0 fully saturated rings. The van der Waals surface area contributed by atoms with Crippen LogP contribution in [0.15, 0.2) is 36.7 Å². The molecule has 86 valence electrons. The Morgan fingerprint density at radius 3 is 3.12 bits per heavy atom. The Kier molecular flexibility index (Phi) is 2.40. The number of H-pyrrole nitrogens is 1. The molecule has 4 nitrogen and oxygen atoms in total. The van der Waals surface area contributed by atoms with Crippen LogP contribution in [0.5, 0.6) is 0 Å². The number of carbonyl (C=O) groups excluding carboxylic acids is 1. The topological polar surface area (TPSA) is 57.8 Å². The van der Waals surface area contributed by atoms with E-state index in [1.165, 1.54) is 17.3 Å². The lowest BCUT2D eigenvalue weighted by molar-refractivity contribution is 0.0950. The molecule has 1 aliphatic rings. The normalized spacial score (nSPS) is 17.1. The van der Waals surface area contributed by atoms with Crippen LogP contribution in [0.4, 0.5) is 0 Å². The summed E-state index contributed by atoms with van der Waals surface area (Å²) in [5, 5.41) is 9.31. The average Bonchev–Trinajstić information content (AvgIpc) is 2.83. The number of fused-ring (bicyclic) bond motifs is 1. The van der Waals surface area contributed by atoms with Gasteiger partial charge in [0.1, 0.15) is 0 Å². The molecule has 17 heavy (non-hydrogen) atoms. The number of aromatic nitrogens is 2. The van der Waals surface area contributed by atoms with Gasteiger partial charge in [-0.15, -0.1) is 0 Å². The molecule has 4 heteroatoms. The van der Waals surface area contributed by atoms with Gasteiger partial charge in [-0.25, -0.2) is 0 Å². The maximum Gasteiger partial charge on any atom is 0.254 e. The number of nitrogens with zero attached hydrogens (tertiary/aromatic N) is 1. The summed E-state index contributed by atoms with van der Waals surface area (Å²) in [5.41, 5.74) is 3.34. The summed E-state index contributed by atoms with van der Waals surface area (Å²) in [6.45, 7) is 0.695. The van der Waals surface area contributed by atoms with Crippen LogP contribution in [0.2, 0.25) is 0 Å². The fourth-order valence-corrected chi connectivity index (χ4v) is 2.24. The maximum atomic E-state index is 11.7.